The van der Waals surface area contributed by atoms with E-state index in [1.165, 1.54) is 0 Å². The van der Waals surface area contributed by atoms with Crippen molar-refractivity contribution in [3.63, 3.8) is 0 Å². The maximum Gasteiger partial charge on any atom is 0.124 e. The average Bonchev–Trinajstić information content (AvgIpc) is 2.04. The lowest BCUT2D eigenvalue weighted by molar-refractivity contribution is 0.408. The molecule has 0 bridgehead atoms. The highest BCUT2D eigenvalue weighted by atomic mass is 35.5. The first kappa shape index (κ1) is 10.2. The van der Waals surface area contributed by atoms with Gasteiger partial charge in [0.15, 0.2) is 0 Å². The van der Waals surface area contributed by atoms with Gasteiger partial charge in [0.1, 0.15) is 5.75 Å². The molecule has 1 aromatic rings. The van der Waals surface area contributed by atoms with Gasteiger partial charge in [-0.15, -0.1) is 11.6 Å². The zero-order chi connectivity index (χ0) is 9.84. The molecule has 0 saturated heterocycles. The van der Waals surface area contributed by atoms with Crippen molar-refractivity contribution in [1.82, 2.24) is 0 Å². The van der Waals surface area contributed by atoms with E-state index in [1.54, 1.807) is 7.11 Å². The molecule has 1 rings (SSSR count). The molecule has 3 heteroatoms. The molecular formula is C10H14ClNO. The standard InChI is InChI=1S/C10H14ClNO/c1-7-4-9(12-6-11)5-8(2)10(7)13-3/h4-5,12H,6H2,1-3H3. The van der Waals surface area contributed by atoms with Gasteiger partial charge in [0, 0.05) is 5.69 Å². The maximum atomic E-state index is 5.57. The summed E-state index contributed by atoms with van der Waals surface area (Å²) < 4.78 is 5.25. The summed E-state index contributed by atoms with van der Waals surface area (Å²) in [6.07, 6.45) is 0. The molecule has 2 nitrogen and oxygen atoms in total. The Kier molecular flexibility index (Phi) is 3.43. The molecule has 0 radical (unpaired) electrons. The number of alkyl halides is 1. The summed E-state index contributed by atoms with van der Waals surface area (Å²) in [6.45, 7) is 4.04. The normalized spacial score (nSPS) is 9.85. The van der Waals surface area contributed by atoms with Crippen LogP contribution in [-0.2, 0) is 0 Å². The second-order valence-corrected chi connectivity index (χ2v) is 3.22. The van der Waals surface area contributed by atoms with Crippen LogP contribution in [0, 0.1) is 13.8 Å². The Hall–Kier alpha value is -0.890. The van der Waals surface area contributed by atoms with Crippen molar-refractivity contribution < 1.29 is 4.74 Å². The predicted molar refractivity (Wildman–Crippen MR) is 56.8 cm³/mol. The Morgan fingerprint density at radius 1 is 1.31 bits per heavy atom. The molecule has 0 spiro atoms. The highest BCUT2D eigenvalue weighted by Crippen LogP contribution is 2.26. The van der Waals surface area contributed by atoms with Crippen LogP contribution in [0.3, 0.4) is 0 Å². The van der Waals surface area contributed by atoms with Crippen LogP contribution in [0.25, 0.3) is 0 Å². The SMILES string of the molecule is COc1c(C)cc(NCCl)cc1C. The lowest BCUT2D eigenvalue weighted by Gasteiger charge is -2.11. The van der Waals surface area contributed by atoms with Crippen molar-refractivity contribution in [1.29, 1.82) is 0 Å². The quantitative estimate of drug-likeness (QED) is 0.597. The van der Waals surface area contributed by atoms with Crippen molar-refractivity contribution in [2.24, 2.45) is 0 Å². The molecule has 0 saturated carbocycles. The topological polar surface area (TPSA) is 21.3 Å². The van der Waals surface area contributed by atoms with Gasteiger partial charge in [0.25, 0.3) is 0 Å². The molecule has 0 unspecified atom stereocenters. The molecular weight excluding hydrogens is 186 g/mol. The van der Waals surface area contributed by atoms with Crippen LogP contribution in [0.2, 0.25) is 0 Å². The average molecular weight is 200 g/mol. The molecule has 0 heterocycles. The number of ether oxygens (including phenoxy) is 1. The first-order valence-electron chi connectivity index (χ1n) is 4.14. The van der Waals surface area contributed by atoms with Gasteiger partial charge < -0.3 is 10.1 Å². The largest absolute Gasteiger partial charge is 0.496 e. The van der Waals surface area contributed by atoms with Gasteiger partial charge in [-0.1, -0.05) is 0 Å². The van der Waals surface area contributed by atoms with Crippen molar-refractivity contribution >= 4 is 17.3 Å². The van der Waals surface area contributed by atoms with Gasteiger partial charge in [-0.25, -0.2) is 0 Å². The van der Waals surface area contributed by atoms with Gasteiger partial charge in [-0.3, -0.25) is 0 Å². The summed E-state index contributed by atoms with van der Waals surface area (Å²) in [4.78, 5) is 0. The van der Waals surface area contributed by atoms with Gasteiger partial charge in [-0.2, -0.15) is 0 Å². The fourth-order valence-corrected chi connectivity index (χ4v) is 1.61. The minimum absolute atomic E-state index is 0.422. The molecule has 0 aliphatic carbocycles. The van der Waals surface area contributed by atoms with E-state index in [2.05, 4.69) is 5.32 Å². The van der Waals surface area contributed by atoms with Crippen LogP contribution in [0.5, 0.6) is 5.75 Å². The van der Waals surface area contributed by atoms with E-state index in [1.807, 2.05) is 26.0 Å². The third kappa shape index (κ3) is 2.28. The van der Waals surface area contributed by atoms with Crippen LogP contribution in [0.15, 0.2) is 12.1 Å². The number of anilines is 1. The van der Waals surface area contributed by atoms with Crippen LogP contribution in [0.4, 0.5) is 5.69 Å². The van der Waals surface area contributed by atoms with E-state index in [0.29, 0.717) is 6.00 Å². The van der Waals surface area contributed by atoms with E-state index in [0.717, 1.165) is 22.6 Å². The minimum Gasteiger partial charge on any atom is -0.496 e. The number of methoxy groups -OCH3 is 1. The Morgan fingerprint density at radius 2 is 1.85 bits per heavy atom. The second-order valence-electron chi connectivity index (χ2n) is 2.95. The van der Waals surface area contributed by atoms with Crippen LogP contribution in [-0.4, -0.2) is 13.1 Å². The Morgan fingerprint density at radius 3 is 2.23 bits per heavy atom. The van der Waals surface area contributed by atoms with Crippen LogP contribution < -0.4 is 10.1 Å². The van der Waals surface area contributed by atoms with Crippen molar-refractivity contribution in [2.45, 2.75) is 13.8 Å². The molecule has 0 aliphatic heterocycles. The van der Waals surface area contributed by atoms with Gasteiger partial charge in [-0.05, 0) is 37.1 Å². The lowest BCUT2D eigenvalue weighted by atomic mass is 10.1. The summed E-state index contributed by atoms with van der Waals surface area (Å²) >= 11 is 5.57. The molecule has 0 aliphatic rings. The zero-order valence-electron chi connectivity index (χ0n) is 8.15. The van der Waals surface area contributed by atoms with Crippen molar-refractivity contribution in [2.75, 3.05) is 18.4 Å². The van der Waals surface area contributed by atoms with E-state index < -0.39 is 0 Å². The predicted octanol–water partition coefficient (Wildman–Crippen LogP) is 2.92. The van der Waals surface area contributed by atoms with E-state index in [4.69, 9.17) is 16.3 Å². The van der Waals surface area contributed by atoms with E-state index >= 15 is 0 Å². The number of aryl methyl sites for hydroxylation is 2. The Balaban J connectivity index is 3.05. The third-order valence-corrected chi connectivity index (χ3v) is 2.07. The monoisotopic (exact) mass is 199 g/mol. The fraction of sp³-hybridized carbons (Fsp3) is 0.400. The number of halogens is 1. The highest BCUT2D eigenvalue weighted by molar-refractivity contribution is 6.18. The van der Waals surface area contributed by atoms with Gasteiger partial charge in [0.2, 0.25) is 0 Å². The summed E-state index contributed by atoms with van der Waals surface area (Å²) in [5.41, 5.74) is 3.27. The number of nitrogens with one attached hydrogen (secondary N) is 1. The van der Waals surface area contributed by atoms with Crippen LogP contribution >= 0.6 is 11.6 Å². The van der Waals surface area contributed by atoms with E-state index in [9.17, 15) is 0 Å². The lowest BCUT2D eigenvalue weighted by Crippen LogP contribution is -1.97. The first-order valence-corrected chi connectivity index (χ1v) is 4.67. The summed E-state index contributed by atoms with van der Waals surface area (Å²) in [6, 6.07) is 4.47. The molecule has 1 aromatic carbocycles. The highest BCUT2D eigenvalue weighted by Gasteiger charge is 2.03. The van der Waals surface area contributed by atoms with E-state index in [-0.39, 0.29) is 0 Å². The fourth-order valence-electron chi connectivity index (χ4n) is 1.45. The summed E-state index contributed by atoms with van der Waals surface area (Å²) in [5, 5.41) is 3.05. The van der Waals surface area contributed by atoms with Crippen molar-refractivity contribution in [3.8, 4) is 5.75 Å². The van der Waals surface area contributed by atoms with Crippen LogP contribution in [0.1, 0.15) is 11.1 Å². The molecule has 1 N–H and O–H groups in total. The third-order valence-electron chi connectivity index (χ3n) is 1.94. The molecule has 0 aromatic heterocycles. The maximum absolute atomic E-state index is 5.57. The number of hydrogen-bond donors (Lipinski definition) is 1. The zero-order valence-corrected chi connectivity index (χ0v) is 8.90. The smallest absolute Gasteiger partial charge is 0.124 e. The first-order chi connectivity index (χ1) is 6.19. The summed E-state index contributed by atoms with van der Waals surface area (Å²) in [5.74, 6) is 0.945. The Labute approximate surface area is 83.9 Å². The number of benzene rings is 1. The number of hydrogen-bond acceptors (Lipinski definition) is 2. The van der Waals surface area contributed by atoms with Gasteiger partial charge in [0.05, 0.1) is 13.1 Å². The molecule has 72 valence electrons. The molecule has 0 atom stereocenters. The second kappa shape index (κ2) is 4.38. The number of rotatable bonds is 3. The van der Waals surface area contributed by atoms with Gasteiger partial charge >= 0.3 is 0 Å². The molecule has 0 fully saturated rings. The minimum atomic E-state index is 0.422. The molecule has 13 heavy (non-hydrogen) atoms. The van der Waals surface area contributed by atoms with Crippen molar-refractivity contribution in [3.05, 3.63) is 23.3 Å². The summed E-state index contributed by atoms with van der Waals surface area (Å²) in [7, 11) is 1.68. The molecule has 0 amide bonds. The Bertz CT molecular complexity index is 276.